The van der Waals surface area contributed by atoms with Gasteiger partial charge in [-0.05, 0) is 42.0 Å². The maximum absolute atomic E-state index is 13.4. The standard InChI is InChI=1S/C28H24F3N5O2S/c29-28(30,31)20-5-1-4-19(16-20)17-36-25(37)22-7-2-8-23(24(22)26(36)38)34-13-11-33(12-14-34)18-21-6-3-10-35(21)27-32-9-15-39-27/h1-10,15-16H,11-14,17-18H2. The number of nitrogens with zero attached hydrogens (tertiary/aromatic N) is 5. The molecular formula is C28H24F3N5O2S. The lowest BCUT2D eigenvalue weighted by Crippen LogP contribution is -2.46. The summed E-state index contributed by atoms with van der Waals surface area (Å²) in [6.07, 6.45) is -0.712. The lowest BCUT2D eigenvalue weighted by atomic mass is 10.1. The van der Waals surface area contributed by atoms with Crippen molar-refractivity contribution in [2.75, 3.05) is 31.1 Å². The number of halogens is 3. The van der Waals surface area contributed by atoms with Crippen LogP contribution >= 0.6 is 11.3 Å². The predicted octanol–water partition coefficient (Wildman–Crippen LogP) is 5.07. The number of fused-ring (bicyclic) bond motifs is 1. The van der Waals surface area contributed by atoms with Gasteiger partial charge in [-0.15, -0.1) is 11.3 Å². The minimum absolute atomic E-state index is 0.220. The molecule has 0 atom stereocenters. The highest BCUT2D eigenvalue weighted by Crippen LogP contribution is 2.34. The molecule has 0 unspecified atom stereocenters. The van der Waals surface area contributed by atoms with Crippen molar-refractivity contribution >= 4 is 28.8 Å². The number of benzene rings is 2. The van der Waals surface area contributed by atoms with E-state index in [-0.39, 0.29) is 17.7 Å². The Labute approximate surface area is 226 Å². The van der Waals surface area contributed by atoms with Gasteiger partial charge in [-0.3, -0.25) is 24.0 Å². The summed E-state index contributed by atoms with van der Waals surface area (Å²) in [6, 6.07) is 14.0. The molecule has 0 bridgehead atoms. The minimum atomic E-state index is -4.50. The predicted molar refractivity (Wildman–Crippen MR) is 141 cm³/mol. The number of thiazole rings is 1. The Morgan fingerprint density at radius 2 is 1.69 bits per heavy atom. The molecule has 2 aromatic heterocycles. The molecule has 0 aliphatic carbocycles. The van der Waals surface area contributed by atoms with Crippen LogP contribution in [0.15, 0.2) is 72.4 Å². The van der Waals surface area contributed by atoms with Crippen molar-refractivity contribution in [1.29, 1.82) is 0 Å². The number of amides is 2. The first-order valence-corrected chi connectivity index (χ1v) is 13.4. The number of hydrogen-bond donors (Lipinski definition) is 0. The molecule has 39 heavy (non-hydrogen) atoms. The van der Waals surface area contributed by atoms with Crippen molar-refractivity contribution in [2.45, 2.75) is 19.3 Å². The highest BCUT2D eigenvalue weighted by atomic mass is 32.1. The zero-order valence-electron chi connectivity index (χ0n) is 20.8. The Morgan fingerprint density at radius 1 is 0.897 bits per heavy atom. The van der Waals surface area contributed by atoms with Crippen molar-refractivity contribution in [2.24, 2.45) is 0 Å². The van der Waals surface area contributed by atoms with Crippen molar-refractivity contribution in [3.63, 3.8) is 0 Å². The number of hydrogen-bond acceptors (Lipinski definition) is 6. The Kier molecular flexibility index (Phi) is 6.48. The van der Waals surface area contributed by atoms with Crippen LogP contribution in [0.2, 0.25) is 0 Å². The average molecular weight is 552 g/mol. The lowest BCUT2D eigenvalue weighted by molar-refractivity contribution is -0.137. The van der Waals surface area contributed by atoms with E-state index in [0.29, 0.717) is 24.3 Å². The van der Waals surface area contributed by atoms with Crippen LogP contribution in [-0.4, -0.2) is 57.3 Å². The van der Waals surface area contributed by atoms with E-state index in [1.807, 2.05) is 23.7 Å². The van der Waals surface area contributed by atoms with Crippen molar-refractivity contribution in [3.8, 4) is 5.13 Å². The lowest BCUT2D eigenvalue weighted by Gasteiger charge is -2.36. The number of carbonyl (C=O) groups is 2. The SMILES string of the molecule is O=C1c2cccc(N3CCN(Cc4cccn4-c4nccs4)CC3)c2C(=O)N1Cc1cccc(C(F)(F)F)c1. The summed E-state index contributed by atoms with van der Waals surface area (Å²) in [6.45, 7) is 3.41. The molecule has 2 amide bonds. The molecule has 0 radical (unpaired) electrons. The minimum Gasteiger partial charge on any atom is -0.368 e. The Morgan fingerprint density at radius 3 is 2.44 bits per heavy atom. The van der Waals surface area contributed by atoms with Gasteiger partial charge >= 0.3 is 6.18 Å². The molecule has 11 heteroatoms. The van der Waals surface area contributed by atoms with Gasteiger partial charge in [0.1, 0.15) is 0 Å². The third-order valence-corrected chi connectivity index (χ3v) is 7.90. The van der Waals surface area contributed by atoms with E-state index in [0.717, 1.165) is 47.5 Å². The van der Waals surface area contributed by atoms with Crippen LogP contribution in [0, 0.1) is 0 Å². The summed E-state index contributed by atoms with van der Waals surface area (Å²) < 4.78 is 41.6. The summed E-state index contributed by atoms with van der Waals surface area (Å²) in [5.74, 6) is -0.970. The van der Waals surface area contributed by atoms with Gasteiger partial charge in [0, 0.05) is 56.2 Å². The Hall–Kier alpha value is -3.96. The van der Waals surface area contributed by atoms with Crippen LogP contribution in [0.3, 0.4) is 0 Å². The molecule has 4 aromatic rings. The second-order valence-electron chi connectivity index (χ2n) is 9.54. The van der Waals surface area contributed by atoms with Gasteiger partial charge in [-0.2, -0.15) is 13.2 Å². The molecule has 0 N–H and O–H groups in total. The highest BCUT2D eigenvalue weighted by molar-refractivity contribution is 7.12. The zero-order valence-corrected chi connectivity index (χ0v) is 21.6. The van der Waals surface area contributed by atoms with E-state index >= 15 is 0 Å². The molecule has 4 heterocycles. The third-order valence-electron chi connectivity index (χ3n) is 7.13. The molecule has 2 aromatic carbocycles. The van der Waals surface area contributed by atoms with Crippen LogP contribution in [-0.2, 0) is 19.3 Å². The van der Waals surface area contributed by atoms with Gasteiger partial charge in [0.2, 0.25) is 0 Å². The van der Waals surface area contributed by atoms with Crippen LogP contribution in [0.4, 0.5) is 18.9 Å². The van der Waals surface area contributed by atoms with Crippen molar-refractivity contribution < 1.29 is 22.8 Å². The smallest absolute Gasteiger partial charge is 0.368 e. The highest BCUT2D eigenvalue weighted by Gasteiger charge is 2.39. The van der Waals surface area contributed by atoms with Gasteiger partial charge in [0.25, 0.3) is 11.8 Å². The molecular weight excluding hydrogens is 527 g/mol. The summed E-state index contributed by atoms with van der Waals surface area (Å²) >= 11 is 1.58. The average Bonchev–Trinajstić information content (AvgIpc) is 3.67. The van der Waals surface area contributed by atoms with E-state index in [9.17, 15) is 22.8 Å². The van der Waals surface area contributed by atoms with Gasteiger partial charge in [0.15, 0.2) is 5.13 Å². The molecule has 7 nitrogen and oxygen atoms in total. The fraction of sp³-hybridized carbons (Fsp3) is 0.250. The van der Waals surface area contributed by atoms with Crippen LogP contribution in [0.1, 0.15) is 37.5 Å². The molecule has 1 saturated heterocycles. The summed E-state index contributed by atoms with van der Waals surface area (Å²) in [7, 11) is 0. The summed E-state index contributed by atoms with van der Waals surface area (Å²) in [5.41, 5.74) is 1.87. The molecule has 0 saturated carbocycles. The maximum atomic E-state index is 13.4. The zero-order chi connectivity index (χ0) is 27.1. The first-order chi connectivity index (χ1) is 18.8. The summed E-state index contributed by atoms with van der Waals surface area (Å²) in [5, 5.41) is 2.87. The van der Waals surface area contributed by atoms with Gasteiger partial charge in [-0.1, -0.05) is 18.2 Å². The van der Waals surface area contributed by atoms with Gasteiger partial charge in [0.05, 0.1) is 28.9 Å². The number of imide groups is 1. The van der Waals surface area contributed by atoms with E-state index in [2.05, 4.69) is 25.4 Å². The molecule has 0 spiro atoms. The summed E-state index contributed by atoms with van der Waals surface area (Å²) in [4.78, 5) is 36.4. The van der Waals surface area contributed by atoms with E-state index in [1.54, 1.807) is 29.7 Å². The molecule has 200 valence electrons. The van der Waals surface area contributed by atoms with Crippen molar-refractivity contribution in [1.82, 2.24) is 19.4 Å². The second-order valence-corrected chi connectivity index (χ2v) is 10.4. The van der Waals surface area contributed by atoms with Crippen LogP contribution in [0.25, 0.3) is 5.13 Å². The van der Waals surface area contributed by atoms with Crippen LogP contribution < -0.4 is 4.90 Å². The van der Waals surface area contributed by atoms with Gasteiger partial charge in [-0.25, -0.2) is 4.98 Å². The number of piperazine rings is 1. The van der Waals surface area contributed by atoms with E-state index in [1.165, 1.54) is 12.1 Å². The maximum Gasteiger partial charge on any atom is 0.416 e. The van der Waals surface area contributed by atoms with E-state index < -0.39 is 23.6 Å². The second kappa shape index (κ2) is 9.97. The number of anilines is 1. The first kappa shape index (κ1) is 25.3. The number of carbonyl (C=O) groups excluding carboxylic acids is 2. The van der Waals surface area contributed by atoms with Crippen LogP contribution in [0.5, 0.6) is 0 Å². The largest absolute Gasteiger partial charge is 0.416 e. The monoisotopic (exact) mass is 551 g/mol. The molecule has 6 rings (SSSR count). The van der Waals surface area contributed by atoms with E-state index in [4.69, 9.17) is 0 Å². The fourth-order valence-corrected chi connectivity index (χ4v) is 5.85. The fourth-order valence-electron chi connectivity index (χ4n) is 5.19. The quantitative estimate of drug-likeness (QED) is 0.313. The topological polar surface area (TPSA) is 61.7 Å². The Balaban J connectivity index is 1.16. The normalized spacial score (nSPS) is 16.3. The first-order valence-electron chi connectivity index (χ1n) is 12.5. The number of alkyl halides is 3. The van der Waals surface area contributed by atoms with Crippen molar-refractivity contribution in [3.05, 3.63) is 100 Å². The molecule has 2 aliphatic heterocycles. The third kappa shape index (κ3) is 4.83. The Bertz CT molecular complexity index is 1520. The molecule has 2 aliphatic rings. The number of aromatic nitrogens is 2. The molecule has 1 fully saturated rings. The number of rotatable bonds is 6. The van der Waals surface area contributed by atoms with Gasteiger partial charge < -0.3 is 4.90 Å².